The fraction of sp³-hybridized carbons (Fsp3) is 0.406. The molecule has 7 rings (SSSR count). The second-order valence-electron chi connectivity index (χ2n) is 11.0. The van der Waals surface area contributed by atoms with Crippen LogP contribution in [0, 0.1) is 11.8 Å². The molecule has 3 unspecified atom stereocenters. The highest BCUT2D eigenvalue weighted by molar-refractivity contribution is 8.38. The number of methoxy groups -OCH3 is 1. The number of aromatic nitrogens is 1. The van der Waals surface area contributed by atoms with Gasteiger partial charge in [-0.3, -0.25) is 14.9 Å². The van der Waals surface area contributed by atoms with Crippen molar-refractivity contribution in [2.24, 2.45) is 16.8 Å². The lowest BCUT2D eigenvalue weighted by Crippen LogP contribution is -2.58. The van der Waals surface area contributed by atoms with Crippen molar-refractivity contribution in [3.05, 3.63) is 84.6 Å². The van der Waals surface area contributed by atoms with E-state index in [1.807, 2.05) is 35.8 Å². The molecule has 6 nitrogen and oxygen atoms in total. The molecule has 5 heterocycles. The lowest BCUT2D eigenvalue weighted by atomic mass is 9.73. The molecule has 3 fully saturated rings. The van der Waals surface area contributed by atoms with Crippen LogP contribution >= 0.6 is 35.7 Å². The van der Waals surface area contributed by atoms with Gasteiger partial charge in [0, 0.05) is 47.8 Å². The number of rotatable bonds is 9. The van der Waals surface area contributed by atoms with Crippen LogP contribution in [-0.2, 0) is 5.75 Å². The molecule has 4 aliphatic rings. The molecule has 0 radical (unpaired) electrons. The third-order valence-electron chi connectivity index (χ3n) is 8.51. The van der Waals surface area contributed by atoms with E-state index in [0.29, 0.717) is 29.5 Å². The minimum atomic E-state index is -0.0247. The zero-order chi connectivity index (χ0) is 28.2. The Morgan fingerprint density at radius 3 is 2.93 bits per heavy atom. The first-order valence-corrected chi connectivity index (χ1v) is 16.7. The maximum atomic E-state index is 5.95. The third-order valence-corrected chi connectivity index (χ3v) is 11.2. The largest absolute Gasteiger partial charge is 0.496 e. The number of hydrogen-bond donors (Lipinski definition) is 2. The SMILES string of the molecule is C=CC1CN2CCC1C[C@H]2[C@@H](NC(=S)NC[C@H]1CSC(SCc2ccccc2)=N1)c1cc2ncccc2cc1OC. The number of pyridine rings is 1. The van der Waals surface area contributed by atoms with Gasteiger partial charge in [-0.25, -0.2) is 0 Å². The van der Waals surface area contributed by atoms with E-state index in [9.17, 15) is 0 Å². The van der Waals surface area contributed by atoms with Crippen molar-refractivity contribution >= 4 is 56.1 Å². The van der Waals surface area contributed by atoms with Crippen molar-refractivity contribution in [2.45, 2.75) is 36.7 Å². The standard InChI is InChI=1S/C32H37N5OS3/c1-3-22-18-37-13-11-23(22)14-28(37)30(26-16-27-24(10-7-12-33-27)15-29(26)38-2)36-31(39)34-17-25-20-41-32(35-25)40-19-21-8-5-4-6-9-21/h3-10,12,15-16,22-23,25,28,30H,1,11,13-14,17-20H2,2H3,(H2,34,36,39)/t22?,23?,25-,28-,30-/m0/s1. The van der Waals surface area contributed by atoms with Crippen molar-refractivity contribution in [2.75, 3.05) is 32.5 Å². The smallest absolute Gasteiger partial charge is 0.166 e. The number of fused-ring (bicyclic) bond motifs is 4. The van der Waals surface area contributed by atoms with E-state index in [-0.39, 0.29) is 12.1 Å². The predicted molar refractivity (Wildman–Crippen MR) is 178 cm³/mol. The Morgan fingerprint density at radius 2 is 2.15 bits per heavy atom. The monoisotopic (exact) mass is 603 g/mol. The predicted octanol–water partition coefficient (Wildman–Crippen LogP) is 6.05. The first kappa shape index (κ1) is 28.5. The highest BCUT2D eigenvalue weighted by Crippen LogP contribution is 2.43. The van der Waals surface area contributed by atoms with E-state index in [1.54, 1.807) is 7.11 Å². The Kier molecular flexibility index (Phi) is 9.15. The summed E-state index contributed by atoms with van der Waals surface area (Å²) < 4.78 is 7.11. The molecule has 0 saturated carbocycles. The molecule has 2 bridgehead atoms. The minimum absolute atomic E-state index is 0.0247. The summed E-state index contributed by atoms with van der Waals surface area (Å²) in [7, 11) is 1.75. The number of thioether (sulfide) groups is 2. The average Bonchev–Trinajstić information content (AvgIpc) is 3.49. The maximum absolute atomic E-state index is 5.95. The molecule has 6 atom stereocenters. The van der Waals surface area contributed by atoms with Gasteiger partial charge >= 0.3 is 0 Å². The minimum Gasteiger partial charge on any atom is -0.496 e. The van der Waals surface area contributed by atoms with Crippen LogP contribution in [0.25, 0.3) is 10.9 Å². The summed E-state index contributed by atoms with van der Waals surface area (Å²) in [4.78, 5) is 12.2. The van der Waals surface area contributed by atoms with Crippen LogP contribution in [0.2, 0.25) is 0 Å². The van der Waals surface area contributed by atoms with E-state index in [2.05, 4.69) is 81.7 Å². The third kappa shape index (κ3) is 6.58. The zero-order valence-corrected chi connectivity index (χ0v) is 25.8. The maximum Gasteiger partial charge on any atom is 0.166 e. The zero-order valence-electron chi connectivity index (χ0n) is 23.4. The van der Waals surface area contributed by atoms with Gasteiger partial charge in [0.1, 0.15) is 10.1 Å². The van der Waals surface area contributed by atoms with Gasteiger partial charge in [0.15, 0.2) is 5.11 Å². The van der Waals surface area contributed by atoms with Crippen LogP contribution in [0.15, 0.2) is 78.4 Å². The Hall–Kier alpha value is -2.59. The van der Waals surface area contributed by atoms with Crippen molar-refractivity contribution in [3.8, 4) is 5.75 Å². The fourth-order valence-corrected chi connectivity index (χ4v) is 8.72. The van der Waals surface area contributed by atoms with Gasteiger partial charge in [0.2, 0.25) is 0 Å². The van der Waals surface area contributed by atoms with Crippen LogP contribution < -0.4 is 15.4 Å². The Bertz CT molecular complexity index is 1420. The van der Waals surface area contributed by atoms with Crippen molar-refractivity contribution in [3.63, 3.8) is 0 Å². The van der Waals surface area contributed by atoms with Gasteiger partial charge in [-0.1, -0.05) is 66.0 Å². The Morgan fingerprint density at radius 1 is 1.27 bits per heavy atom. The number of benzene rings is 2. The Labute approximate surface area is 256 Å². The molecular formula is C32H37N5OS3. The summed E-state index contributed by atoms with van der Waals surface area (Å²) in [6, 6.07) is 19.4. The molecule has 0 spiro atoms. The number of hydrogen-bond acceptors (Lipinski definition) is 7. The number of piperidine rings is 3. The number of nitrogens with one attached hydrogen (secondary N) is 2. The topological polar surface area (TPSA) is 61.8 Å². The Balaban J connectivity index is 1.16. The first-order chi connectivity index (χ1) is 20.1. The van der Waals surface area contributed by atoms with E-state index in [0.717, 1.165) is 57.6 Å². The number of nitrogens with zero attached hydrogens (tertiary/aromatic N) is 3. The average molecular weight is 604 g/mol. The highest BCUT2D eigenvalue weighted by Gasteiger charge is 2.43. The molecule has 3 saturated heterocycles. The highest BCUT2D eigenvalue weighted by atomic mass is 32.2. The molecule has 1 aromatic heterocycles. The number of thiocarbonyl (C=S) groups is 1. The summed E-state index contributed by atoms with van der Waals surface area (Å²) in [5.41, 5.74) is 3.39. The molecule has 2 aromatic carbocycles. The lowest BCUT2D eigenvalue weighted by molar-refractivity contribution is 0.00379. The molecule has 0 aliphatic carbocycles. The van der Waals surface area contributed by atoms with Gasteiger partial charge in [-0.15, -0.1) is 6.58 Å². The number of aliphatic imine (C=N–C) groups is 1. The summed E-state index contributed by atoms with van der Waals surface area (Å²) in [6.07, 6.45) is 6.32. The van der Waals surface area contributed by atoms with E-state index < -0.39 is 0 Å². The fourth-order valence-electron chi connectivity index (χ4n) is 6.34. The van der Waals surface area contributed by atoms with Crippen molar-refractivity contribution in [1.82, 2.24) is 20.5 Å². The van der Waals surface area contributed by atoms with Crippen molar-refractivity contribution in [1.29, 1.82) is 0 Å². The van der Waals surface area contributed by atoms with Crippen LogP contribution in [-0.4, -0.2) is 64.0 Å². The summed E-state index contributed by atoms with van der Waals surface area (Å²) >= 11 is 9.57. The van der Waals surface area contributed by atoms with Crippen LogP contribution in [0.4, 0.5) is 0 Å². The molecular weight excluding hydrogens is 567 g/mol. The summed E-state index contributed by atoms with van der Waals surface area (Å²) in [5, 5.41) is 8.95. The summed E-state index contributed by atoms with van der Waals surface area (Å²) in [5.74, 6) is 3.99. The van der Waals surface area contributed by atoms with E-state index in [1.165, 1.54) is 12.0 Å². The molecule has 3 aromatic rings. The van der Waals surface area contributed by atoms with Gasteiger partial charge < -0.3 is 15.4 Å². The van der Waals surface area contributed by atoms with Crippen molar-refractivity contribution < 1.29 is 4.74 Å². The van der Waals surface area contributed by atoms with E-state index in [4.69, 9.17) is 21.9 Å². The molecule has 9 heteroatoms. The molecule has 4 aliphatic heterocycles. The number of ether oxygens (including phenoxy) is 1. The van der Waals surface area contributed by atoms with Crippen LogP contribution in [0.1, 0.15) is 30.0 Å². The first-order valence-electron chi connectivity index (χ1n) is 14.3. The van der Waals surface area contributed by atoms with Crippen LogP contribution in [0.3, 0.4) is 0 Å². The molecule has 41 heavy (non-hydrogen) atoms. The second-order valence-corrected chi connectivity index (χ2v) is 13.6. The van der Waals surface area contributed by atoms with Gasteiger partial charge in [-0.2, -0.15) is 0 Å². The molecule has 2 N–H and O–H groups in total. The van der Waals surface area contributed by atoms with Gasteiger partial charge in [0.25, 0.3) is 0 Å². The van der Waals surface area contributed by atoms with Gasteiger partial charge in [-0.05, 0) is 67.2 Å². The van der Waals surface area contributed by atoms with Crippen LogP contribution in [0.5, 0.6) is 5.75 Å². The summed E-state index contributed by atoms with van der Waals surface area (Å²) in [6.45, 7) is 6.98. The normalized spacial score (nSPS) is 25.9. The second kappa shape index (κ2) is 13.2. The molecule has 214 valence electrons. The lowest BCUT2D eigenvalue weighted by Gasteiger charge is -2.52. The van der Waals surface area contributed by atoms with E-state index >= 15 is 0 Å². The molecule has 0 amide bonds. The quantitative estimate of drug-likeness (QED) is 0.227. The van der Waals surface area contributed by atoms with Gasteiger partial charge in [0.05, 0.1) is 24.7 Å².